The molecule has 25 heavy (non-hydrogen) atoms. The van der Waals surface area contributed by atoms with Crippen molar-refractivity contribution in [3.8, 4) is 11.4 Å². The minimum atomic E-state index is -1.22. The molecule has 0 radical (unpaired) electrons. The largest absolute Gasteiger partial charge is 0.495 e. The van der Waals surface area contributed by atoms with Gasteiger partial charge in [0, 0.05) is 5.57 Å². The first-order valence-electron chi connectivity index (χ1n) is 7.76. The molecule has 0 atom stereocenters. The molecule has 2 aromatic rings. The van der Waals surface area contributed by atoms with Crippen LogP contribution in [0.1, 0.15) is 29.5 Å². The third-order valence-corrected chi connectivity index (χ3v) is 3.54. The summed E-state index contributed by atoms with van der Waals surface area (Å²) in [7, 11) is 1.49. The lowest BCUT2D eigenvalue weighted by Crippen LogP contribution is -2.17. The average Bonchev–Trinajstić information content (AvgIpc) is 2.95. The van der Waals surface area contributed by atoms with Gasteiger partial charge < -0.3 is 9.84 Å². The number of benzene rings is 1. The topological polar surface area (TPSA) is 84.3 Å². The Bertz CT molecular complexity index is 900. The number of methoxy groups -OCH3 is 1. The number of imidazole rings is 1. The van der Waals surface area contributed by atoms with Crippen molar-refractivity contribution in [2.45, 2.75) is 13.3 Å². The highest BCUT2D eigenvalue weighted by Gasteiger charge is 2.23. The van der Waals surface area contributed by atoms with Crippen LogP contribution in [0.4, 0.5) is 0 Å². The number of ether oxygens (including phenoxy) is 1. The molecule has 6 heteroatoms. The van der Waals surface area contributed by atoms with Crippen LogP contribution in [0, 0.1) is 0 Å². The molecule has 0 bridgehead atoms. The second-order valence-corrected chi connectivity index (χ2v) is 5.13. The van der Waals surface area contributed by atoms with Crippen molar-refractivity contribution < 1.29 is 14.6 Å². The molecule has 0 amide bonds. The van der Waals surface area contributed by atoms with Crippen molar-refractivity contribution in [1.29, 1.82) is 0 Å². The standard InChI is InChI=1S/C19H20N2O4/c1-4-6-10-13(9-5-2)17-16(18(22)23)20-19(24)21(17)14-11-7-8-12-15(14)25-3/h5-12H,2,4H2,1,3H3,(H,20,24)(H,22,23)/b10-6-,13-9+. The van der Waals surface area contributed by atoms with E-state index in [1.165, 1.54) is 11.7 Å². The number of carboxylic acids is 1. The van der Waals surface area contributed by atoms with Crippen LogP contribution >= 0.6 is 0 Å². The summed E-state index contributed by atoms with van der Waals surface area (Å²) in [4.78, 5) is 26.6. The maximum atomic E-state index is 12.5. The van der Waals surface area contributed by atoms with Crippen LogP contribution in [0.3, 0.4) is 0 Å². The predicted molar refractivity (Wildman–Crippen MR) is 97.5 cm³/mol. The summed E-state index contributed by atoms with van der Waals surface area (Å²) < 4.78 is 6.62. The molecule has 2 rings (SSSR count). The van der Waals surface area contributed by atoms with Crippen molar-refractivity contribution in [2.75, 3.05) is 7.11 Å². The van der Waals surface area contributed by atoms with Gasteiger partial charge in [-0.15, -0.1) is 0 Å². The number of aromatic nitrogens is 2. The van der Waals surface area contributed by atoms with E-state index in [9.17, 15) is 14.7 Å². The maximum Gasteiger partial charge on any atom is 0.354 e. The van der Waals surface area contributed by atoms with E-state index in [-0.39, 0.29) is 11.4 Å². The Hall–Kier alpha value is -3.28. The van der Waals surface area contributed by atoms with Gasteiger partial charge in [0.15, 0.2) is 5.69 Å². The first-order chi connectivity index (χ1) is 12.0. The lowest BCUT2D eigenvalue weighted by Gasteiger charge is -2.12. The summed E-state index contributed by atoms with van der Waals surface area (Å²) in [5.41, 5.74) is 0.500. The molecule has 0 saturated heterocycles. The summed E-state index contributed by atoms with van der Waals surface area (Å²) in [5, 5.41) is 9.53. The SMILES string of the molecule is C=C/C=C(\C=C/CC)c1c(C(=O)O)[nH]c(=O)n1-c1ccccc1OC. The van der Waals surface area contributed by atoms with Gasteiger partial charge in [0.05, 0.1) is 18.5 Å². The summed E-state index contributed by atoms with van der Waals surface area (Å²) in [6.07, 6.45) is 7.62. The normalized spacial score (nSPS) is 11.7. The summed E-state index contributed by atoms with van der Waals surface area (Å²) in [6, 6.07) is 6.92. The third kappa shape index (κ3) is 3.63. The van der Waals surface area contributed by atoms with Gasteiger partial charge in [-0.3, -0.25) is 9.55 Å². The minimum Gasteiger partial charge on any atom is -0.495 e. The molecule has 0 aliphatic heterocycles. The second kappa shape index (κ2) is 8.01. The quantitative estimate of drug-likeness (QED) is 0.757. The van der Waals surface area contributed by atoms with Gasteiger partial charge in [0.1, 0.15) is 5.75 Å². The Labute approximate surface area is 145 Å². The number of hydrogen-bond acceptors (Lipinski definition) is 3. The van der Waals surface area contributed by atoms with Gasteiger partial charge in [0.25, 0.3) is 0 Å². The highest BCUT2D eigenvalue weighted by molar-refractivity contribution is 5.93. The zero-order valence-corrected chi connectivity index (χ0v) is 14.2. The van der Waals surface area contributed by atoms with E-state index in [0.717, 1.165) is 6.42 Å². The molecule has 0 aliphatic carbocycles. The predicted octanol–water partition coefficient (Wildman–Crippen LogP) is 3.41. The van der Waals surface area contributed by atoms with Gasteiger partial charge in [-0.2, -0.15) is 0 Å². The van der Waals surface area contributed by atoms with Gasteiger partial charge in [-0.05, 0) is 18.6 Å². The number of allylic oxidation sites excluding steroid dienone is 5. The number of para-hydroxylation sites is 2. The van der Waals surface area contributed by atoms with Crippen LogP contribution in [-0.2, 0) is 0 Å². The first-order valence-corrected chi connectivity index (χ1v) is 7.76. The Morgan fingerprint density at radius 2 is 2.12 bits per heavy atom. The molecule has 6 nitrogen and oxygen atoms in total. The fourth-order valence-corrected chi connectivity index (χ4v) is 2.49. The maximum absolute atomic E-state index is 12.5. The number of aromatic amines is 1. The molecule has 0 spiro atoms. The van der Waals surface area contributed by atoms with E-state index in [2.05, 4.69) is 11.6 Å². The van der Waals surface area contributed by atoms with Crippen LogP contribution in [0.5, 0.6) is 5.75 Å². The summed E-state index contributed by atoms with van der Waals surface area (Å²) in [6.45, 7) is 5.63. The number of rotatable bonds is 7. The van der Waals surface area contributed by atoms with Crippen molar-refractivity contribution >= 4 is 11.5 Å². The van der Waals surface area contributed by atoms with Gasteiger partial charge >= 0.3 is 11.7 Å². The molecular formula is C19H20N2O4. The molecule has 0 fully saturated rings. The number of carbonyl (C=O) groups is 1. The van der Waals surface area contributed by atoms with Crippen molar-refractivity contribution in [1.82, 2.24) is 9.55 Å². The number of aromatic carboxylic acids is 1. The van der Waals surface area contributed by atoms with Crippen LogP contribution in [-0.4, -0.2) is 27.7 Å². The molecule has 1 heterocycles. The van der Waals surface area contributed by atoms with Gasteiger partial charge in [-0.1, -0.05) is 49.9 Å². The average molecular weight is 340 g/mol. The Morgan fingerprint density at radius 1 is 1.40 bits per heavy atom. The van der Waals surface area contributed by atoms with Gasteiger partial charge in [0.2, 0.25) is 0 Å². The van der Waals surface area contributed by atoms with Crippen LogP contribution in [0.2, 0.25) is 0 Å². The molecule has 0 aliphatic rings. The number of H-pyrrole nitrogens is 1. The van der Waals surface area contributed by atoms with E-state index in [1.807, 2.05) is 13.0 Å². The lowest BCUT2D eigenvalue weighted by atomic mass is 10.1. The first kappa shape index (κ1) is 18.1. The van der Waals surface area contributed by atoms with E-state index < -0.39 is 11.7 Å². The Morgan fingerprint density at radius 3 is 2.72 bits per heavy atom. The molecule has 0 unspecified atom stereocenters. The molecule has 1 aromatic heterocycles. The number of nitrogens with zero attached hydrogens (tertiary/aromatic N) is 1. The zero-order chi connectivity index (χ0) is 18.4. The number of carboxylic acid groups (broad SMARTS) is 1. The summed E-state index contributed by atoms with van der Waals surface area (Å²) >= 11 is 0. The van der Waals surface area contributed by atoms with Crippen molar-refractivity contribution in [2.24, 2.45) is 0 Å². The van der Waals surface area contributed by atoms with Crippen molar-refractivity contribution in [3.05, 3.63) is 77.0 Å². The summed E-state index contributed by atoms with van der Waals surface area (Å²) in [5.74, 6) is -0.764. The minimum absolute atomic E-state index is 0.190. The van der Waals surface area contributed by atoms with E-state index in [0.29, 0.717) is 17.0 Å². The van der Waals surface area contributed by atoms with E-state index in [4.69, 9.17) is 4.74 Å². The van der Waals surface area contributed by atoms with Crippen molar-refractivity contribution in [3.63, 3.8) is 0 Å². The zero-order valence-electron chi connectivity index (χ0n) is 14.2. The monoisotopic (exact) mass is 340 g/mol. The smallest absolute Gasteiger partial charge is 0.354 e. The van der Waals surface area contributed by atoms with Gasteiger partial charge in [-0.25, -0.2) is 9.59 Å². The molecule has 1 aromatic carbocycles. The Kier molecular flexibility index (Phi) is 5.79. The highest BCUT2D eigenvalue weighted by Crippen LogP contribution is 2.27. The highest BCUT2D eigenvalue weighted by atomic mass is 16.5. The molecule has 0 saturated carbocycles. The van der Waals surface area contributed by atoms with Crippen LogP contribution in [0.15, 0.2) is 59.9 Å². The van der Waals surface area contributed by atoms with E-state index >= 15 is 0 Å². The lowest BCUT2D eigenvalue weighted by molar-refractivity contribution is 0.0690. The van der Waals surface area contributed by atoms with Crippen LogP contribution in [0.25, 0.3) is 11.3 Å². The molecular weight excluding hydrogens is 320 g/mol. The number of hydrogen-bond donors (Lipinski definition) is 2. The molecule has 130 valence electrons. The third-order valence-electron chi connectivity index (χ3n) is 3.54. The van der Waals surface area contributed by atoms with E-state index in [1.54, 1.807) is 42.5 Å². The number of nitrogens with one attached hydrogen (secondary N) is 1. The Balaban J connectivity index is 2.88. The fraction of sp³-hybridized carbons (Fsp3) is 0.158. The fourth-order valence-electron chi connectivity index (χ4n) is 2.49. The molecule has 2 N–H and O–H groups in total. The second-order valence-electron chi connectivity index (χ2n) is 5.13. The van der Waals surface area contributed by atoms with Crippen LogP contribution < -0.4 is 10.4 Å².